The molecule has 3 rings (SSSR count). The fraction of sp³-hybridized carbons (Fsp3) is 0.500. The van der Waals surface area contributed by atoms with Crippen molar-refractivity contribution < 1.29 is 4.79 Å². The maximum absolute atomic E-state index is 12.8. The molecule has 3 heterocycles. The highest BCUT2D eigenvalue weighted by Crippen LogP contribution is 2.30. The van der Waals surface area contributed by atoms with E-state index in [1.165, 1.54) is 11.3 Å². The summed E-state index contributed by atoms with van der Waals surface area (Å²) < 4.78 is 0. The zero-order valence-electron chi connectivity index (χ0n) is 13.2. The Bertz CT molecular complexity index is 640. The van der Waals surface area contributed by atoms with Gasteiger partial charge >= 0.3 is 0 Å². The third kappa shape index (κ3) is 3.09. The quantitative estimate of drug-likeness (QED) is 0.863. The van der Waals surface area contributed by atoms with Crippen LogP contribution in [-0.2, 0) is 0 Å². The van der Waals surface area contributed by atoms with Crippen LogP contribution in [0, 0.1) is 6.92 Å². The van der Waals surface area contributed by atoms with Gasteiger partial charge < -0.3 is 9.80 Å². The third-order valence-electron chi connectivity index (χ3n) is 4.24. The van der Waals surface area contributed by atoms with Crippen LogP contribution in [0.25, 0.3) is 10.6 Å². The standard InChI is InChI=1S/C16H21N3OS2/c1-11-14(22-15(17-11)12-6-9-21-10-12)16(20)19-7-4-13(5-8-19)18(2)3/h6,9-10,13H,4-5,7-8H2,1-3H3. The SMILES string of the molecule is Cc1nc(-c2ccsc2)sc1C(=O)N1CCC(N(C)C)CC1. The number of amides is 1. The molecular weight excluding hydrogens is 314 g/mol. The zero-order chi connectivity index (χ0) is 15.7. The molecule has 1 fully saturated rings. The van der Waals surface area contributed by atoms with Crippen LogP contribution in [0.4, 0.5) is 0 Å². The number of thiophene rings is 1. The summed E-state index contributed by atoms with van der Waals surface area (Å²) in [4.78, 5) is 22.4. The van der Waals surface area contributed by atoms with Crippen molar-refractivity contribution in [2.24, 2.45) is 0 Å². The first-order chi connectivity index (χ1) is 10.6. The summed E-state index contributed by atoms with van der Waals surface area (Å²) in [5.41, 5.74) is 1.97. The largest absolute Gasteiger partial charge is 0.338 e. The van der Waals surface area contributed by atoms with Crippen molar-refractivity contribution >= 4 is 28.6 Å². The Morgan fingerprint density at radius 1 is 1.36 bits per heavy atom. The van der Waals surface area contributed by atoms with Gasteiger partial charge in [-0.1, -0.05) is 0 Å². The summed E-state index contributed by atoms with van der Waals surface area (Å²) in [6, 6.07) is 2.65. The normalized spacial score (nSPS) is 16.5. The van der Waals surface area contributed by atoms with Crippen molar-refractivity contribution in [1.29, 1.82) is 0 Å². The molecule has 4 nitrogen and oxygen atoms in total. The van der Waals surface area contributed by atoms with E-state index in [-0.39, 0.29) is 5.91 Å². The fourth-order valence-corrected chi connectivity index (χ4v) is 4.58. The highest BCUT2D eigenvalue weighted by atomic mass is 32.1. The topological polar surface area (TPSA) is 36.4 Å². The number of hydrogen-bond acceptors (Lipinski definition) is 5. The number of hydrogen-bond donors (Lipinski definition) is 0. The fourth-order valence-electron chi connectivity index (χ4n) is 2.83. The average Bonchev–Trinajstić information content (AvgIpc) is 3.16. The third-order valence-corrected chi connectivity index (χ3v) is 6.12. The van der Waals surface area contributed by atoms with Gasteiger partial charge in [0.1, 0.15) is 9.88 Å². The second-order valence-electron chi connectivity index (χ2n) is 5.93. The van der Waals surface area contributed by atoms with Gasteiger partial charge in [-0.15, -0.1) is 11.3 Å². The molecule has 6 heteroatoms. The van der Waals surface area contributed by atoms with Crippen molar-refractivity contribution in [3.8, 4) is 10.6 Å². The number of thiazole rings is 1. The first-order valence-electron chi connectivity index (χ1n) is 7.52. The van der Waals surface area contributed by atoms with Gasteiger partial charge in [0.2, 0.25) is 0 Å². The van der Waals surface area contributed by atoms with Crippen molar-refractivity contribution in [2.45, 2.75) is 25.8 Å². The number of rotatable bonds is 3. The second kappa shape index (κ2) is 6.48. The number of carbonyl (C=O) groups excluding carboxylic acids is 1. The minimum absolute atomic E-state index is 0.147. The lowest BCUT2D eigenvalue weighted by molar-refractivity contribution is 0.0667. The molecule has 0 radical (unpaired) electrons. The van der Waals surface area contributed by atoms with Crippen molar-refractivity contribution in [3.05, 3.63) is 27.4 Å². The van der Waals surface area contributed by atoms with Gasteiger partial charge in [-0.3, -0.25) is 4.79 Å². The molecule has 0 N–H and O–H groups in total. The zero-order valence-corrected chi connectivity index (χ0v) is 14.8. The number of nitrogens with zero attached hydrogens (tertiary/aromatic N) is 3. The van der Waals surface area contributed by atoms with Crippen molar-refractivity contribution in [2.75, 3.05) is 27.2 Å². The van der Waals surface area contributed by atoms with Crippen LogP contribution in [0.1, 0.15) is 28.2 Å². The highest BCUT2D eigenvalue weighted by molar-refractivity contribution is 7.17. The minimum atomic E-state index is 0.147. The number of carbonyl (C=O) groups is 1. The van der Waals surface area contributed by atoms with Gasteiger partial charge in [-0.25, -0.2) is 4.98 Å². The molecule has 0 aromatic carbocycles. The Balaban J connectivity index is 1.73. The molecule has 0 bridgehead atoms. The van der Waals surface area contributed by atoms with Crippen LogP contribution in [-0.4, -0.2) is 53.9 Å². The van der Waals surface area contributed by atoms with E-state index in [1.807, 2.05) is 17.2 Å². The maximum atomic E-state index is 12.8. The molecule has 1 aliphatic rings. The lowest BCUT2D eigenvalue weighted by Gasteiger charge is -2.35. The lowest BCUT2D eigenvalue weighted by atomic mass is 10.0. The molecule has 0 atom stereocenters. The van der Waals surface area contributed by atoms with E-state index in [0.29, 0.717) is 6.04 Å². The number of likely N-dealkylation sites (tertiary alicyclic amines) is 1. The molecule has 1 amide bonds. The molecule has 2 aromatic rings. The van der Waals surface area contributed by atoms with E-state index in [9.17, 15) is 4.79 Å². The molecular formula is C16H21N3OS2. The van der Waals surface area contributed by atoms with Crippen LogP contribution in [0.15, 0.2) is 16.8 Å². The first-order valence-corrected chi connectivity index (χ1v) is 9.28. The van der Waals surface area contributed by atoms with Crippen molar-refractivity contribution in [1.82, 2.24) is 14.8 Å². The van der Waals surface area contributed by atoms with Crippen LogP contribution < -0.4 is 0 Å². The van der Waals surface area contributed by atoms with E-state index >= 15 is 0 Å². The summed E-state index contributed by atoms with van der Waals surface area (Å²) in [6.45, 7) is 3.62. The Kier molecular flexibility index (Phi) is 4.61. The summed E-state index contributed by atoms with van der Waals surface area (Å²) in [7, 11) is 4.23. The van der Waals surface area contributed by atoms with E-state index in [4.69, 9.17) is 0 Å². The van der Waals surface area contributed by atoms with Crippen LogP contribution in [0.5, 0.6) is 0 Å². The Labute approximate surface area is 139 Å². The van der Waals surface area contributed by atoms with Gasteiger partial charge in [0.25, 0.3) is 5.91 Å². The molecule has 118 valence electrons. The molecule has 2 aromatic heterocycles. The number of aromatic nitrogens is 1. The molecule has 0 saturated carbocycles. The van der Waals surface area contributed by atoms with Crippen LogP contribution >= 0.6 is 22.7 Å². The Morgan fingerprint density at radius 3 is 2.68 bits per heavy atom. The van der Waals surface area contributed by atoms with Gasteiger partial charge in [0, 0.05) is 30.1 Å². The first kappa shape index (κ1) is 15.6. The summed E-state index contributed by atoms with van der Waals surface area (Å²) in [5.74, 6) is 0.147. The predicted molar refractivity (Wildman–Crippen MR) is 92.8 cm³/mol. The smallest absolute Gasteiger partial charge is 0.265 e. The minimum Gasteiger partial charge on any atom is -0.338 e. The van der Waals surface area contributed by atoms with E-state index in [0.717, 1.165) is 47.1 Å². The maximum Gasteiger partial charge on any atom is 0.265 e. The summed E-state index contributed by atoms with van der Waals surface area (Å²) in [5, 5.41) is 5.07. The molecule has 0 spiro atoms. The van der Waals surface area contributed by atoms with E-state index in [2.05, 4.69) is 35.4 Å². The molecule has 0 unspecified atom stereocenters. The van der Waals surface area contributed by atoms with Gasteiger partial charge in [0.15, 0.2) is 0 Å². The van der Waals surface area contributed by atoms with Gasteiger partial charge in [-0.2, -0.15) is 11.3 Å². The van der Waals surface area contributed by atoms with E-state index in [1.54, 1.807) is 11.3 Å². The summed E-state index contributed by atoms with van der Waals surface area (Å²) in [6.07, 6.45) is 2.10. The molecule has 0 aliphatic carbocycles. The van der Waals surface area contributed by atoms with Crippen LogP contribution in [0.2, 0.25) is 0 Å². The van der Waals surface area contributed by atoms with Gasteiger partial charge in [0.05, 0.1) is 5.69 Å². The van der Waals surface area contributed by atoms with Crippen LogP contribution in [0.3, 0.4) is 0 Å². The molecule has 1 aliphatic heterocycles. The highest BCUT2D eigenvalue weighted by Gasteiger charge is 2.27. The van der Waals surface area contributed by atoms with Gasteiger partial charge in [-0.05, 0) is 45.3 Å². The monoisotopic (exact) mass is 335 g/mol. The van der Waals surface area contributed by atoms with E-state index < -0.39 is 0 Å². The summed E-state index contributed by atoms with van der Waals surface area (Å²) >= 11 is 3.18. The predicted octanol–water partition coefficient (Wildman–Crippen LogP) is 3.35. The average molecular weight is 335 g/mol. The van der Waals surface area contributed by atoms with Crippen molar-refractivity contribution in [3.63, 3.8) is 0 Å². The molecule has 1 saturated heterocycles. The second-order valence-corrected chi connectivity index (χ2v) is 7.71. The number of piperidine rings is 1. The Hall–Kier alpha value is -1.24. The molecule has 22 heavy (non-hydrogen) atoms. The lowest BCUT2D eigenvalue weighted by Crippen LogP contribution is -2.44. The number of aryl methyl sites for hydroxylation is 1. The Morgan fingerprint density at radius 2 is 2.09 bits per heavy atom.